The number of anilines is 2. The van der Waals surface area contributed by atoms with Crippen molar-refractivity contribution in [2.75, 3.05) is 51.1 Å². The smallest absolute Gasteiger partial charge is 0.416 e. The van der Waals surface area contributed by atoms with Crippen LogP contribution in [0.3, 0.4) is 0 Å². The van der Waals surface area contributed by atoms with Gasteiger partial charge >= 0.3 is 6.18 Å². The average Bonchev–Trinajstić information content (AvgIpc) is 2.86. The van der Waals surface area contributed by atoms with E-state index in [1.54, 1.807) is 18.3 Å². The highest BCUT2D eigenvalue weighted by molar-refractivity contribution is 6.05. The molecule has 0 saturated heterocycles. The van der Waals surface area contributed by atoms with Crippen molar-refractivity contribution in [1.82, 2.24) is 14.9 Å². The number of hydrogen-bond acceptors (Lipinski definition) is 7. The molecule has 2 N–H and O–H groups in total. The maximum absolute atomic E-state index is 13.8. The van der Waals surface area contributed by atoms with E-state index in [0.29, 0.717) is 25.7 Å². The third-order valence-corrected chi connectivity index (χ3v) is 4.98. The maximum Gasteiger partial charge on any atom is 0.416 e. The molecule has 2 aromatic heterocycles. The molecule has 0 saturated carbocycles. The molecule has 0 aliphatic carbocycles. The zero-order valence-corrected chi connectivity index (χ0v) is 20.3. The van der Waals surface area contributed by atoms with E-state index >= 15 is 0 Å². The van der Waals surface area contributed by atoms with E-state index < -0.39 is 23.6 Å². The molecule has 198 valence electrons. The van der Waals surface area contributed by atoms with Crippen molar-refractivity contribution >= 4 is 17.4 Å². The van der Waals surface area contributed by atoms with Gasteiger partial charge in [-0.05, 0) is 56.1 Å². The number of ether oxygens (including phenoxy) is 2. The fourth-order valence-electron chi connectivity index (χ4n) is 3.08. The molecule has 0 unspecified atom stereocenters. The van der Waals surface area contributed by atoms with Gasteiger partial charge in [-0.25, -0.2) is 9.97 Å². The highest BCUT2D eigenvalue weighted by Gasteiger charge is 2.31. The number of hydrogen-bond donors (Lipinski definition) is 2. The molecule has 0 aliphatic heterocycles. The normalized spacial score (nSPS) is 11.4. The summed E-state index contributed by atoms with van der Waals surface area (Å²) in [6, 6.07) is 9.71. The zero-order valence-electron chi connectivity index (χ0n) is 20.3. The summed E-state index contributed by atoms with van der Waals surface area (Å²) in [5.74, 6) is -1.21. The molecule has 0 radical (unpaired) electrons. The number of benzene rings is 1. The first-order valence-electron chi connectivity index (χ1n) is 11.3. The molecule has 3 aromatic rings. The van der Waals surface area contributed by atoms with Crippen LogP contribution >= 0.6 is 0 Å². The van der Waals surface area contributed by atoms with Gasteiger partial charge in [-0.3, -0.25) is 4.79 Å². The Bertz CT molecular complexity index is 1190. The third kappa shape index (κ3) is 8.99. The lowest BCUT2D eigenvalue weighted by Gasteiger charge is -2.14. The van der Waals surface area contributed by atoms with Crippen molar-refractivity contribution in [2.24, 2.45) is 0 Å². The minimum Gasteiger partial charge on any atom is -0.475 e. The number of halogens is 4. The molecule has 12 heteroatoms. The molecule has 0 atom stereocenters. The molecule has 1 aromatic carbocycles. The maximum atomic E-state index is 13.8. The number of carbonyl (C=O) groups is 1. The van der Waals surface area contributed by atoms with Gasteiger partial charge in [0.25, 0.3) is 5.91 Å². The van der Waals surface area contributed by atoms with Gasteiger partial charge in [-0.15, -0.1) is 0 Å². The van der Waals surface area contributed by atoms with Crippen LogP contribution in [0.4, 0.5) is 29.1 Å². The van der Waals surface area contributed by atoms with E-state index in [1.807, 2.05) is 19.0 Å². The number of aromatic nitrogens is 2. The summed E-state index contributed by atoms with van der Waals surface area (Å²) >= 11 is 0. The lowest BCUT2D eigenvalue weighted by molar-refractivity contribution is -0.137. The van der Waals surface area contributed by atoms with E-state index in [0.717, 1.165) is 36.4 Å². The van der Waals surface area contributed by atoms with Gasteiger partial charge in [0.05, 0.1) is 24.5 Å². The largest absolute Gasteiger partial charge is 0.475 e. The van der Waals surface area contributed by atoms with Crippen LogP contribution in [0.2, 0.25) is 0 Å². The topological polar surface area (TPSA) is 88.6 Å². The molecule has 8 nitrogen and oxygen atoms in total. The highest BCUT2D eigenvalue weighted by Crippen LogP contribution is 2.30. The standard InChI is InChI=1S/C25H27F4N5O3/c1-34(2)10-11-36-12-13-37-22-14-17(8-9-30-22)16-31-23-20(6-7-21(26)33-23)32-24(35)18-4-3-5-19(15-18)25(27,28)29/h3-9,14-15H,10-13,16H2,1-2H3,(H,31,33)(H,32,35). The summed E-state index contributed by atoms with van der Waals surface area (Å²) < 4.78 is 63.8. The van der Waals surface area contributed by atoms with Gasteiger partial charge in [0.15, 0.2) is 5.82 Å². The zero-order chi connectivity index (χ0) is 26.8. The number of rotatable bonds is 12. The van der Waals surface area contributed by atoms with Gasteiger partial charge in [-0.2, -0.15) is 17.6 Å². The van der Waals surface area contributed by atoms with Crippen molar-refractivity contribution in [2.45, 2.75) is 12.7 Å². The monoisotopic (exact) mass is 521 g/mol. The van der Waals surface area contributed by atoms with E-state index in [9.17, 15) is 22.4 Å². The second-order valence-corrected chi connectivity index (χ2v) is 8.18. The number of nitrogens with one attached hydrogen (secondary N) is 2. The molecule has 2 heterocycles. The van der Waals surface area contributed by atoms with Crippen molar-refractivity contribution < 1.29 is 31.8 Å². The molecular weight excluding hydrogens is 494 g/mol. The van der Waals surface area contributed by atoms with Crippen LogP contribution in [-0.2, 0) is 17.5 Å². The highest BCUT2D eigenvalue weighted by atomic mass is 19.4. The molecule has 0 spiro atoms. The third-order valence-electron chi connectivity index (χ3n) is 4.98. The van der Waals surface area contributed by atoms with Gasteiger partial charge in [0.2, 0.25) is 11.8 Å². The van der Waals surface area contributed by atoms with Crippen LogP contribution < -0.4 is 15.4 Å². The predicted molar refractivity (Wildman–Crippen MR) is 130 cm³/mol. The summed E-state index contributed by atoms with van der Waals surface area (Å²) in [6.45, 7) is 2.28. The van der Waals surface area contributed by atoms with Crippen LogP contribution in [0.15, 0.2) is 54.7 Å². The fraction of sp³-hybridized carbons (Fsp3) is 0.320. The van der Waals surface area contributed by atoms with Gasteiger partial charge in [0.1, 0.15) is 6.61 Å². The van der Waals surface area contributed by atoms with E-state index in [4.69, 9.17) is 9.47 Å². The Labute approximate surface area is 211 Å². The quantitative estimate of drug-likeness (QED) is 0.207. The Morgan fingerprint density at radius 3 is 2.62 bits per heavy atom. The first-order chi connectivity index (χ1) is 17.6. The van der Waals surface area contributed by atoms with E-state index in [2.05, 4.69) is 20.6 Å². The minimum absolute atomic E-state index is 0.00824. The number of nitrogens with zero attached hydrogens (tertiary/aromatic N) is 3. The SMILES string of the molecule is CN(C)CCOCCOc1cc(CNc2nc(F)ccc2NC(=O)c2cccc(C(F)(F)F)c2)ccn1. The average molecular weight is 522 g/mol. The Morgan fingerprint density at radius 2 is 1.86 bits per heavy atom. The molecule has 37 heavy (non-hydrogen) atoms. The first-order valence-corrected chi connectivity index (χ1v) is 11.3. The summed E-state index contributed by atoms with van der Waals surface area (Å²) in [6.07, 6.45) is -3.04. The van der Waals surface area contributed by atoms with E-state index in [-0.39, 0.29) is 23.6 Å². The first kappa shape index (κ1) is 27.8. The summed E-state index contributed by atoms with van der Waals surface area (Å²) in [5.41, 5.74) is -0.317. The van der Waals surface area contributed by atoms with Gasteiger partial charge in [0, 0.05) is 30.9 Å². The van der Waals surface area contributed by atoms with Crippen molar-refractivity contribution in [3.63, 3.8) is 0 Å². The van der Waals surface area contributed by atoms with Crippen LogP contribution in [0.25, 0.3) is 0 Å². The second-order valence-electron chi connectivity index (χ2n) is 8.18. The molecular formula is C25H27F4N5O3. The lowest BCUT2D eigenvalue weighted by Crippen LogP contribution is -2.19. The fourth-order valence-corrected chi connectivity index (χ4v) is 3.08. The van der Waals surface area contributed by atoms with Crippen molar-refractivity contribution in [3.05, 3.63) is 77.4 Å². The molecule has 0 bridgehead atoms. The Morgan fingerprint density at radius 1 is 1.05 bits per heavy atom. The summed E-state index contributed by atoms with van der Waals surface area (Å²) in [7, 11) is 3.91. The molecule has 0 fully saturated rings. The predicted octanol–water partition coefficient (Wildman–Crippen LogP) is 4.46. The second kappa shape index (κ2) is 13.0. The number of carbonyl (C=O) groups excluding carboxylic acids is 1. The van der Waals surface area contributed by atoms with E-state index in [1.165, 1.54) is 12.1 Å². The molecule has 1 amide bonds. The number of likely N-dealkylation sites (N-methyl/N-ethyl adjacent to an activating group) is 1. The van der Waals surface area contributed by atoms with Crippen LogP contribution in [0.5, 0.6) is 5.88 Å². The minimum atomic E-state index is -4.59. The lowest BCUT2D eigenvalue weighted by atomic mass is 10.1. The van der Waals surface area contributed by atoms with Crippen LogP contribution in [-0.4, -0.2) is 61.2 Å². The molecule has 0 aliphatic rings. The Hall–Kier alpha value is -3.77. The number of amides is 1. The van der Waals surface area contributed by atoms with Crippen LogP contribution in [0, 0.1) is 5.95 Å². The van der Waals surface area contributed by atoms with Gasteiger partial charge in [-0.1, -0.05) is 6.07 Å². The Kier molecular flexibility index (Phi) is 9.75. The molecule has 3 rings (SSSR count). The summed E-state index contributed by atoms with van der Waals surface area (Å²) in [4.78, 5) is 22.5. The Balaban J connectivity index is 1.61. The van der Waals surface area contributed by atoms with Crippen LogP contribution in [0.1, 0.15) is 21.5 Å². The van der Waals surface area contributed by atoms with Crippen molar-refractivity contribution in [1.29, 1.82) is 0 Å². The number of pyridine rings is 2. The summed E-state index contributed by atoms with van der Waals surface area (Å²) in [5, 5.41) is 5.41. The van der Waals surface area contributed by atoms with Crippen molar-refractivity contribution in [3.8, 4) is 5.88 Å². The number of alkyl halides is 3. The van der Waals surface area contributed by atoms with Gasteiger partial charge < -0.3 is 25.0 Å².